The van der Waals surface area contributed by atoms with Crippen LogP contribution in [0.5, 0.6) is 0 Å². The van der Waals surface area contributed by atoms with Crippen LogP contribution in [-0.4, -0.2) is 18.6 Å². The molecule has 0 atom stereocenters. The lowest BCUT2D eigenvalue weighted by Crippen LogP contribution is -1.97. The summed E-state index contributed by atoms with van der Waals surface area (Å²) in [6, 6.07) is 0. The van der Waals surface area contributed by atoms with Gasteiger partial charge in [-0.15, -0.1) is 0 Å². The molecule has 1 aliphatic heterocycles. The van der Waals surface area contributed by atoms with Crippen LogP contribution >= 0.6 is 15.9 Å². The van der Waals surface area contributed by atoms with Crippen molar-refractivity contribution >= 4 is 25.8 Å². The Morgan fingerprint density at radius 1 is 1.45 bits per heavy atom. The highest BCUT2D eigenvalue weighted by atomic mass is 79.9. The van der Waals surface area contributed by atoms with Crippen molar-refractivity contribution in [2.24, 2.45) is 0 Å². The number of fused-ring (bicyclic) bond motifs is 1. The summed E-state index contributed by atoms with van der Waals surface area (Å²) >= 11 is 3.16. The van der Waals surface area contributed by atoms with E-state index < -0.39 is 9.84 Å². The number of nitrogens with one attached hydrogen (secondary N) is 1. The van der Waals surface area contributed by atoms with Crippen molar-refractivity contribution in [1.82, 2.24) is 10.2 Å². The Balaban J connectivity index is 2.58. The second-order valence-corrected chi connectivity index (χ2v) is 5.32. The monoisotopic (exact) mass is 236 g/mol. The number of hydrogen-bond acceptors (Lipinski definition) is 3. The van der Waals surface area contributed by atoms with E-state index in [9.17, 15) is 8.42 Å². The molecule has 0 fully saturated rings. The van der Waals surface area contributed by atoms with Gasteiger partial charge in [0.2, 0.25) is 0 Å². The maximum atomic E-state index is 11.0. The summed E-state index contributed by atoms with van der Waals surface area (Å²) in [5, 5.41) is 6.50. The second-order valence-electron chi connectivity index (χ2n) is 2.50. The summed E-state index contributed by atoms with van der Waals surface area (Å²) < 4.78 is 22.7. The van der Waals surface area contributed by atoms with Crippen LogP contribution in [-0.2, 0) is 21.3 Å². The van der Waals surface area contributed by atoms with Gasteiger partial charge in [-0.2, -0.15) is 5.10 Å². The molecule has 0 saturated heterocycles. The third-order valence-corrected chi connectivity index (χ3v) is 3.74. The average Bonchev–Trinajstić information content (AvgIpc) is 2.31. The lowest BCUT2D eigenvalue weighted by Gasteiger charge is -1.87. The molecule has 0 saturated carbocycles. The molecule has 1 N–H and O–H groups in total. The molecule has 60 valence electrons. The number of aromatic amines is 1. The minimum absolute atomic E-state index is 0.0981. The molecular formula is C5H5BrN2O2S. The fraction of sp³-hybridized carbons (Fsp3) is 0.400. The van der Waals surface area contributed by atoms with Crippen molar-refractivity contribution in [1.29, 1.82) is 0 Å². The van der Waals surface area contributed by atoms with Crippen molar-refractivity contribution in [2.75, 3.05) is 0 Å². The number of rotatable bonds is 0. The molecule has 0 aromatic carbocycles. The van der Waals surface area contributed by atoms with Gasteiger partial charge in [-0.25, -0.2) is 8.42 Å². The van der Waals surface area contributed by atoms with Gasteiger partial charge in [-0.3, -0.25) is 5.10 Å². The Morgan fingerprint density at radius 3 is 2.82 bits per heavy atom. The summed E-state index contributed by atoms with van der Waals surface area (Å²) in [6.45, 7) is 0. The molecule has 1 aliphatic rings. The lowest BCUT2D eigenvalue weighted by atomic mass is 10.3. The number of halogens is 1. The van der Waals surface area contributed by atoms with Crippen molar-refractivity contribution < 1.29 is 8.42 Å². The first-order chi connectivity index (χ1) is 5.08. The average molecular weight is 237 g/mol. The van der Waals surface area contributed by atoms with E-state index in [0.29, 0.717) is 4.60 Å². The number of sulfone groups is 1. The fourth-order valence-electron chi connectivity index (χ4n) is 1.13. The molecule has 0 aliphatic carbocycles. The molecule has 1 aromatic rings. The smallest absolute Gasteiger partial charge is 0.160 e. The molecule has 0 bridgehead atoms. The zero-order valence-corrected chi connectivity index (χ0v) is 7.87. The molecule has 2 heterocycles. The predicted molar refractivity (Wildman–Crippen MR) is 42.6 cm³/mol. The molecule has 1 aromatic heterocycles. The predicted octanol–water partition coefficient (Wildman–Crippen LogP) is 0.601. The van der Waals surface area contributed by atoms with E-state index in [1.807, 2.05) is 0 Å². The van der Waals surface area contributed by atoms with Crippen molar-refractivity contribution in [3.05, 3.63) is 15.9 Å². The largest absolute Gasteiger partial charge is 0.280 e. The van der Waals surface area contributed by atoms with Crippen LogP contribution in [0.3, 0.4) is 0 Å². The van der Waals surface area contributed by atoms with Crippen LogP contribution in [0, 0.1) is 0 Å². The number of aromatic nitrogens is 2. The van der Waals surface area contributed by atoms with E-state index >= 15 is 0 Å². The van der Waals surface area contributed by atoms with Gasteiger partial charge in [0, 0.05) is 5.56 Å². The van der Waals surface area contributed by atoms with Crippen LogP contribution < -0.4 is 0 Å². The fourth-order valence-corrected chi connectivity index (χ4v) is 3.32. The van der Waals surface area contributed by atoms with Crippen LogP contribution in [0.15, 0.2) is 4.60 Å². The molecule has 0 radical (unpaired) electrons. The van der Waals surface area contributed by atoms with Gasteiger partial charge < -0.3 is 0 Å². The quantitative estimate of drug-likeness (QED) is 0.718. The zero-order valence-electron chi connectivity index (χ0n) is 5.46. The molecule has 2 rings (SSSR count). The Kier molecular flexibility index (Phi) is 1.37. The highest BCUT2D eigenvalue weighted by Gasteiger charge is 2.28. The lowest BCUT2D eigenvalue weighted by molar-refractivity contribution is 0.597. The van der Waals surface area contributed by atoms with Gasteiger partial charge in [0.05, 0.1) is 17.2 Å². The van der Waals surface area contributed by atoms with Gasteiger partial charge in [0.25, 0.3) is 0 Å². The Labute approximate surface area is 72.0 Å². The maximum Gasteiger partial charge on any atom is 0.160 e. The van der Waals surface area contributed by atoms with E-state index in [4.69, 9.17) is 0 Å². The molecule has 0 spiro atoms. The van der Waals surface area contributed by atoms with E-state index in [0.717, 1.165) is 11.3 Å². The minimum atomic E-state index is -2.89. The van der Waals surface area contributed by atoms with E-state index in [1.54, 1.807) is 0 Å². The normalized spacial score (nSPS) is 20.1. The molecule has 0 unspecified atom stereocenters. The summed E-state index contributed by atoms with van der Waals surface area (Å²) in [4.78, 5) is 0. The minimum Gasteiger partial charge on any atom is -0.280 e. The Bertz CT molecular complexity index is 395. The van der Waals surface area contributed by atoms with Gasteiger partial charge >= 0.3 is 0 Å². The van der Waals surface area contributed by atoms with Crippen LogP contribution in [0.2, 0.25) is 0 Å². The molecule has 0 amide bonds. The Morgan fingerprint density at radius 2 is 2.18 bits per heavy atom. The van der Waals surface area contributed by atoms with E-state index in [1.165, 1.54) is 0 Å². The summed E-state index contributed by atoms with van der Waals surface area (Å²) in [5.74, 6) is 0.209. The summed E-state index contributed by atoms with van der Waals surface area (Å²) in [5.41, 5.74) is 1.50. The third-order valence-electron chi connectivity index (χ3n) is 1.63. The summed E-state index contributed by atoms with van der Waals surface area (Å²) in [7, 11) is -2.89. The number of H-pyrrole nitrogens is 1. The zero-order chi connectivity index (χ0) is 8.06. The van der Waals surface area contributed by atoms with Crippen molar-refractivity contribution in [3.8, 4) is 0 Å². The Hall–Kier alpha value is -0.360. The highest BCUT2D eigenvalue weighted by molar-refractivity contribution is 9.10. The van der Waals surface area contributed by atoms with Crippen LogP contribution in [0.4, 0.5) is 0 Å². The molecule has 11 heavy (non-hydrogen) atoms. The van der Waals surface area contributed by atoms with Crippen molar-refractivity contribution in [3.63, 3.8) is 0 Å². The van der Waals surface area contributed by atoms with Gasteiger partial charge in [0.1, 0.15) is 4.60 Å². The number of nitrogens with zero attached hydrogens (tertiary/aromatic N) is 1. The van der Waals surface area contributed by atoms with Crippen LogP contribution in [0.1, 0.15) is 11.3 Å². The van der Waals surface area contributed by atoms with Gasteiger partial charge in [-0.05, 0) is 15.9 Å². The number of hydrogen-bond donors (Lipinski definition) is 1. The first-order valence-electron chi connectivity index (χ1n) is 3.00. The third kappa shape index (κ3) is 1.10. The topological polar surface area (TPSA) is 62.8 Å². The SMILES string of the molecule is O=S1(=O)Cc2[nH]nc(Br)c2C1. The van der Waals surface area contributed by atoms with Crippen molar-refractivity contribution in [2.45, 2.75) is 11.5 Å². The summed E-state index contributed by atoms with van der Waals surface area (Å²) in [6.07, 6.45) is 0. The molecular weight excluding hydrogens is 232 g/mol. The van der Waals surface area contributed by atoms with Gasteiger partial charge in [-0.1, -0.05) is 0 Å². The first-order valence-corrected chi connectivity index (χ1v) is 5.62. The highest BCUT2D eigenvalue weighted by Crippen LogP contribution is 2.28. The molecule has 6 heteroatoms. The second kappa shape index (κ2) is 2.07. The van der Waals surface area contributed by atoms with E-state index in [-0.39, 0.29) is 11.5 Å². The van der Waals surface area contributed by atoms with E-state index in [2.05, 4.69) is 26.1 Å². The maximum absolute atomic E-state index is 11.0. The van der Waals surface area contributed by atoms with Gasteiger partial charge in [0.15, 0.2) is 9.84 Å². The first kappa shape index (κ1) is 7.30. The van der Waals surface area contributed by atoms with Crippen LogP contribution in [0.25, 0.3) is 0 Å². The molecule has 4 nitrogen and oxygen atoms in total. The standard InChI is InChI=1S/C5H5BrN2O2S/c6-5-3-1-11(9,10)2-4(3)7-8-5/h1-2H2,(H,7,8).